The second kappa shape index (κ2) is 9.34. The van der Waals surface area contributed by atoms with E-state index in [2.05, 4.69) is 10.3 Å². The van der Waals surface area contributed by atoms with E-state index in [1.54, 1.807) is 24.3 Å². The molecule has 3 aromatic carbocycles. The summed E-state index contributed by atoms with van der Waals surface area (Å²) in [5.74, 6) is -1.10. The van der Waals surface area contributed by atoms with Gasteiger partial charge in [-0.15, -0.1) is 0 Å². The molecule has 0 saturated carbocycles. The lowest BCUT2D eigenvalue weighted by Crippen LogP contribution is -2.37. The number of phenols is 1. The second-order valence-corrected chi connectivity index (χ2v) is 9.01. The molecule has 6 nitrogen and oxygen atoms in total. The number of amides is 1. The van der Waals surface area contributed by atoms with E-state index in [-0.39, 0.29) is 21.6 Å². The fourth-order valence-corrected chi connectivity index (χ4v) is 4.47. The molecular formula is C27H28F4N4O2. The number of aryl methyl sites for hydroxylation is 1. The molecule has 37 heavy (non-hydrogen) atoms. The maximum atomic E-state index is 13.9. The summed E-state index contributed by atoms with van der Waals surface area (Å²) in [4.78, 5) is 24.0. The maximum absolute atomic E-state index is 13.9. The molecule has 0 aliphatic carbocycles. The van der Waals surface area contributed by atoms with Gasteiger partial charge in [0.25, 0.3) is 5.91 Å². The standard InChI is InChI=1S/C27H22F4N4O2.3H2/c1-15-6-8-18-22(12-15)33-24(19-4-2-3-5-23(19)36)34-25(18)35-11-10-17(14-35)32-26(37)16-7-9-20(21(28)13-16)27(29,30)31;;;/h2-9,12-13,17,36H,10-11,14H2,1H3,(H,32,37);3*1H/t17-;;;/m1.../s1. The van der Waals surface area contributed by atoms with Gasteiger partial charge in [0.05, 0.1) is 16.6 Å². The number of benzene rings is 3. The number of nitrogens with one attached hydrogen (secondary N) is 1. The van der Waals surface area contributed by atoms with Crippen LogP contribution >= 0.6 is 0 Å². The maximum Gasteiger partial charge on any atom is 0.419 e. The molecule has 1 aromatic heterocycles. The van der Waals surface area contributed by atoms with Gasteiger partial charge in [0, 0.05) is 34.4 Å². The molecule has 4 aromatic rings. The topological polar surface area (TPSA) is 78.4 Å². The van der Waals surface area contributed by atoms with Crippen molar-refractivity contribution >= 4 is 22.6 Å². The van der Waals surface area contributed by atoms with Crippen LogP contribution in [0.15, 0.2) is 60.7 Å². The second-order valence-electron chi connectivity index (χ2n) is 9.01. The highest BCUT2D eigenvalue weighted by Gasteiger charge is 2.34. The number of para-hydroxylation sites is 1. The van der Waals surface area contributed by atoms with Crippen LogP contribution in [0.4, 0.5) is 23.4 Å². The van der Waals surface area contributed by atoms with E-state index < -0.39 is 23.5 Å². The Morgan fingerprint density at radius 3 is 2.62 bits per heavy atom. The number of nitrogens with zero attached hydrogens (tertiary/aromatic N) is 3. The Bertz CT molecular complexity index is 1520. The van der Waals surface area contributed by atoms with E-state index in [1.807, 2.05) is 30.0 Å². The van der Waals surface area contributed by atoms with E-state index in [0.29, 0.717) is 54.4 Å². The van der Waals surface area contributed by atoms with Gasteiger partial charge < -0.3 is 15.3 Å². The number of carbonyl (C=O) groups is 1. The van der Waals surface area contributed by atoms with Crippen LogP contribution < -0.4 is 10.2 Å². The van der Waals surface area contributed by atoms with Gasteiger partial charge in [-0.2, -0.15) is 13.2 Å². The molecule has 0 spiro atoms. The molecular weight excluding hydrogens is 488 g/mol. The van der Waals surface area contributed by atoms with Crippen molar-refractivity contribution in [2.45, 2.75) is 25.6 Å². The van der Waals surface area contributed by atoms with Gasteiger partial charge in [0.15, 0.2) is 5.82 Å². The summed E-state index contributed by atoms with van der Waals surface area (Å²) in [5, 5.41) is 13.9. The number of aromatic nitrogens is 2. The predicted molar refractivity (Wildman–Crippen MR) is 137 cm³/mol. The van der Waals surface area contributed by atoms with Crippen LogP contribution in [-0.2, 0) is 6.18 Å². The van der Waals surface area contributed by atoms with Crippen LogP contribution in [-0.4, -0.2) is 40.1 Å². The SMILES string of the molecule is Cc1ccc2c(N3CC[C@@H](NC(=O)c4ccc(C(F)(F)F)c(F)c4)C3)nc(-c3ccccc3O)nc2c1.[HH].[HH].[HH]. The quantitative estimate of drug-likeness (QED) is 0.315. The molecule has 0 unspecified atom stereocenters. The summed E-state index contributed by atoms with van der Waals surface area (Å²) < 4.78 is 52.5. The number of alkyl halides is 3. The minimum atomic E-state index is -4.83. The van der Waals surface area contributed by atoms with Crippen LogP contribution in [0.1, 0.15) is 32.2 Å². The van der Waals surface area contributed by atoms with Crippen LogP contribution in [0, 0.1) is 12.7 Å². The molecule has 5 rings (SSSR count). The summed E-state index contributed by atoms with van der Waals surface area (Å²) in [6.45, 7) is 2.88. The van der Waals surface area contributed by atoms with Crippen molar-refractivity contribution in [2.24, 2.45) is 0 Å². The average Bonchev–Trinajstić information content (AvgIpc) is 3.30. The first-order valence-corrected chi connectivity index (χ1v) is 11.6. The highest BCUT2D eigenvalue weighted by atomic mass is 19.4. The molecule has 10 heteroatoms. The van der Waals surface area contributed by atoms with Gasteiger partial charge in [-0.1, -0.05) is 18.2 Å². The number of halogens is 4. The molecule has 1 amide bonds. The number of hydrogen-bond donors (Lipinski definition) is 2. The van der Waals surface area contributed by atoms with E-state index >= 15 is 0 Å². The molecule has 1 fully saturated rings. The minimum Gasteiger partial charge on any atom is -0.507 e. The minimum absolute atomic E-state index is 0. The molecule has 0 bridgehead atoms. The Morgan fingerprint density at radius 2 is 1.89 bits per heavy atom. The number of anilines is 1. The number of aromatic hydroxyl groups is 1. The van der Waals surface area contributed by atoms with Crippen molar-refractivity contribution in [3.8, 4) is 17.1 Å². The molecule has 1 atom stereocenters. The third kappa shape index (κ3) is 4.91. The molecule has 0 radical (unpaired) electrons. The van der Waals surface area contributed by atoms with Gasteiger partial charge >= 0.3 is 6.18 Å². The zero-order valence-electron chi connectivity index (χ0n) is 19.7. The Hall–Kier alpha value is -4.21. The lowest BCUT2D eigenvalue weighted by atomic mass is 10.1. The van der Waals surface area contributed by atoms with Crippen LogP contribution in [0.5, 0.6) is 5.75 Å². The van der Waals surface area contributed by atoms with Crippen LogP contribution in [0.2, 0.25) is 0 Å². The monoisotopic (exact) mass is 516 g/mol. The molecule has 196 valence electrons. The van der Waals surface area contributed by atoms with Crippen LogP contribution in [0.25, 0.3) is 22.3 Å². The zero-order chi connectivity index (χ0) is 26.3. The molecule has 1 aliphatic rings. The summed E-state index contributed by atoms with van der Waals surface area (Å²) in [6.07, 6.45) is -4.28. The Kier molecular flexibility index (Phi) is 6.18. The van der Waals surface area contributed by atoms with E-state index in [4.69, 9.17) is 4.98 Å². The smallest absolute Gasteiger partial charge is 0.419 e. The third-order valence-electron chi connectivity index (χ3n) is 6.34. The van der Waals surface area contributed by atoms with Gasteiger partial charge in [-0.25, -0.2) is 14.4 Å². The number of phenolic OH excluding ortho intramolecular Hbond substituents is 1. The predicted octanol–water partition coefficient (Wildman–Crippen LogP) is 6.22. The van der Waals surface area contributed by atoms with Crippen molar-refractivity contribution in [2.75, 3.05) is 18.0 Å². The first-order valence-electron chi connectivity index (χ1n) is 11.6. The summed E-state index contributed by atoms with van der Waals surface area (Å²) in [7, 11) is 0. The van der Waals surface area contributed by atoms with Gasteiger partial charge in [0.2, 0.25) is 0 Å². The molecule has 2 heterocycles. The molecule has 1 saturated heterocycles. The Balaban J connectivity index is 0.00000187. The van der Waals surface area contributed by atoms with Crippen molar-refractivity contribution in [3.63, 3.8) is 0 Å². The molecule has 2 N–H and O–H groups in total. The fourth-order valence-electron chi connectivity index (χ4n) is 4.47. The first kappa shape index (κ1) is 24.5. The Labute approximate surface area is 214 Å². The Morgan fingerprint density at radius 1 is 1.11 bits per heavy atom. The van der Waals surface area contributed by atoms with Crippen molar-refractivity contribution < 1.29 is 31.7 Å². The number of carbonyl (C=O) groups excluding carboxylic acids is 1. The highest BCUT2D eigenvalue weighted by molar-refractivity contribution is 5.95. The van der Waals surface area contributed by atoms with Gasteiger partial charge in [-0.3, -0.25) is 4.79 Å². The molecule has 1 aliphatic heterocycles. The average molecular weight is 517 g/mol. The summed E-state index contributed by atoms with van der Waals surface area (Å²) in [6, 6.07) is 14.4. The van der Waals surface area contributed by atoms with Gasteiger partial charge in [-0.05, 0) is 61.4 Å². The number of fused-ring (bicyclic) bond motifs is 1. The van der Waals surface area contributed by atoms with E-state index in [1.165, 1.54) is 0 Å². The number of hydrogen-bond acceptors (Lipinski definition) is 5. The first-order chi connectivity index (χ1) is 17.6. The lowest BCUT2D eigenvalue weighted by Gasteiger charge is -2.21. The zero-order valence-corrected chi connectivity index (χ0v) is 19.7. The largest absolute Gasteiger partial charge is 0.507 e. The highest BCUT2D eigenvalue weighted by Crippen LogP contribution is 2.34. The van der Waals surface area contributed by atoms with Crippen molar-refractivity contribution in [3.05, 3.63) is 83.2 Å². The van der Waals surface area contributed by atoms with Crippen molar-refractivity contribution in [1.82, 2.24) is 15.3 Å². The summed E-state index contributed by atoms with van der Waals surface area (Å²) in [5.41, 5.74) is 0.600. The van der Waals surface area contributed by atoms with E-state index in [9.17, 15) is 27.5 Å². The fraction of sp³-hybridized carbons (Fsp3) is 0.222. The van der Waals surface area contributed by atoms with E-state index in [0.717, 1.165) is 17.0 Å². The summed E-state index contributed by atoms with van der Waals surface area (Å²) >= 11 is 0. The third-order valence-corrected chi connectivity index (χ3v) is 6.34. The normalized spacial score (nSPS) is 15.8. The number of rotatable bonds is 4. The van der Waals surface area contributed by atoms with Gasteiger partial charge in [0.1, 0.15) is 17.4 Å². The lowest BCUT2D eigenvalue weighted by molar-refractivity contribution is -0.140. The van der Waals surface area contributed by atoms with Crippen molar-refractivity contribution in [1.29, 1.82) is 0 Å². The van der Waals surface area contributed by atoms with Crippen LogP contribution in [0.3, 0.4) is 0 Å².